The molecule has 5 aromatic rings. The number of hydrogen-bond donors (Lipinski definition) is 0. The number of benzene rings is 4. The average Bonchev–Trinajstić information content (AvgIpc) is 2.90. The molecule has 4 aromatic carbocycles. The fourth-order valence-electron chi connectivity index (χ4n) is 3.67. The Balaban J connectivity index is 1.55. The van der Waals surface area contributed by atoms with E-state index in [9.17, 15) is 4.79 Å². The van der Waals surface area contributed by atoms with Crippen LogP contribution >= 0.6 is 39.1 Å². The lowest BCUT2D eigenvalue weighted by Crippen LogP contribution is -2.20. The second-order valence-corrected chi connectivity index (χ2v) is 9.63. The largest absolute Gasteiger partial charge is 0.488 e. The Morgan fingerprint density at radius 1 is 0.917 bits per heavy atom. The first-order chi connectivity index (χ1) is 17.5. The molecule has 36 heavy (non-hydrogen) atoms. The summed E-state index contributed by atoms with van der Waals surface area (Å²) in [5.41, 5.74) is 2.69. The van der Waals surface area contributed by atoms with Crippen LogP contribution in [0.5, 0.6) is 5.75 Å². The van der Waals surface area contributed by atoms with Gasteiger partial charge in [-0.25, -0.2) is 4.98 Å². The zero-order valence-corrected chi connectivity index (χ0v) is 21.8. The van der Waals surface area contributed by atoms with Crippen LogP contribution in [0.4, 0.5) is 0 Å². The van der Waals surface area contributed by atoms with Crippen molar-refractivity contribution < 1.29 is 4.74 Å². The zero-order valence-electron chi connectivity index (χ0n) is 18.7. The smallest absolute Gasteiger partial charge is 0.282 e. The maximum atomic E-state index is 13.4. The lowest BCUT2D eigenvalue weighted by molar-refractivity contribution is 0.306. The summed E-state index contributed by atoms with van der Waals surface area (Å²) in [5.74, 6) is 1.04. The van der Waals surface area contributed by atoms with E-state index in [0.717, 1.165) is 15.6 Å². The van der Waals surface area contributed by atoms with Crippen LogP contribution in [-0.4, -0.2) is 15.9 Å². The van der Waals surface area contributed by atoms with Gasteiger partial charge in [-0.1, -0.05) is 87.7 Å². The highest BCUT2D eigenvalue weighted by Crippen LogP contribution is 2.26. The second-order valence-electron chi connectivity index (χ2n) is 7.90. The van der Waals surface area contributed by atoms with Gasteiger partial charge in [-0.3, -0.25) is 4.79 Å². The maximum Gasteiger partial charge on any atom is 0.282 e. The molecule has 0 atom stereocenters. The standard InChI is InChI=1S/C28H18BrCl2N3O2/c29-21-11-13-26(36-17-18-10-12-23(30)24(31)14-18)20(15-21)16-32-34-27(19-6-2-1-3-7-19)33-25-9-5-4-8-22(25)28(34)35/h1-16H,17H2. The quantitative estimate of drug-likeness (QED) is 0.195. The molecule has 178 valence electrons. The first-order valence-electron chi connectivity index (χ1n) is 11.0. The molecule has 0 saturated heterocycles. The van der Waals surface area contributed by atoms with Crippen LogP contribution in [0.1, 0.15) is 11.1 Å². The van der Waals surface area contributed by atoms with E-state index in [1.807, 2.05) is 72.8 Å². The van der Waals surface area contributed by atoms with Crippen LogP contribution in [0.15, 0.2) is 105 Å². The Bertz CT molecular complexity index is 1650. The summed E-state index contributed by atoms with van der Waals surface area (Å²) < 4.78 is 8.23. The third kappa shape index (κ3) is 5.21. The first-order valence-corrected chi connectivity index (χ1v) is 12.5. The van der Waals surface area contributed by atoms with Crippen molar-refractivity contribution in [1.29, 1.82) is 0 Å². The van der Waals surface area contributed by atoms with Crippen molar-refractivity contribution in [2.45, 2.75) is 6.61 Å². The summed E-state index contributed by atoms with van der Waals surface area (Å²) in [6.07, 6.45) is 1.60. The van der Waals surface area contributed by atoms with E-state index in [1.165, 1.54) is 4.68 Å². The highest BCUT2D eigenvalue weighted by atomic mass is 79.9. The summed E-state index contributed by atoms with van der Waals surface area (Å²) >= 11 is 15.7. The summed E-state index contributed by atoms with van der Waals surface area (Å²) in [6.45, 7) is 0.284. The average molecular weight is 579 g/mol. The topological polar surface area (TPSA) is 56.5 Å². The SMILES string of the molecule is O=c1c2ccccc2nc(-c2ccccc2)n1N=Cc1cc(Br)ccc1OCc1ccc(Cl)c(Cl)c1. The fraction of sp³-hybridized carbons (Fsp3) is 0.0357. The van der Waals surface area contributed by atoms with Crippen molar-refractivity contribution in [2.24, 2.45) is 5.10 Å². The third-order valence-electron chi connectivity index (χ3n) is 5.45. The lowest BCUT2D eigenvalue weighted by Gasteiger charge is -2.12. The molecular weight excluding hydrogens is 561 g/mol. The molecule has 8 heteroatoms. The van der Waals surface area contributed by atoms with Crippen molar-refractivity contribution in [3.63, 3.8) is 0 Å². The Morgan fingerprint density at radius 2 is 1.69 bits per heavy atom. The molecular formula is C28H18BrCl2N3O2. The summed E-state index contributed by atoms with van der Waals surface area (Å²) in [7, 11) is 0. The van der Waals surface area contributed by atoms with Gasteiger partial charge in [-0.15, -0.1) is 0 Å². The van der Waals surface area contributed by atoms with Gasteiger partial charge in [-0.05, 0) is 48.0 Å². The molecule has 5 rings (SSSR count). The number of nitrogens with zero attached hydrogens (tertiary/aromatic N) is 3. The zero-order chi connectivity index (χ0) is 25.1. The molecule has 0 amide bonds. The molecule has 0 unspecified atom stereocenters. The van der Waals surface area contributed by atoms with Gasteiger partial charge in [0.05, 0.1) is 27.2 Å². The van der Waals surface area contributed by atoms with Gasteiger partial charge in [0, 0.05) is 15.6 Å². The predicted octanol–water partition coefficient (Wildman–Crippen LogP) is 7.59. The molecule has 0 fully saturated rings. The molecule has 0 aliphatic rings. The predicted molar refractivity (Wildman–Crippen MR) is 149 cm³/mol. The van der Waals surface area contributed by atoms with E-state index in [-0.39, 0.29) is 12.2 Å². The minimum absolute atomic E-state index is 0.260. The lowest BCUT2D eigenvalue weighted by atomic mass is 10.2. The molecule has 0 aliphatic carbocycles. The number of rotatable bonds is 6. The minimum atomic E-state index is -0.260. The molecule has 0 saturated carbocycles. The number of ether oxygens (including phenoxy) is 1. The van der Waals surface area contributed by atoms with Gasteiger partial charge < -0.3 is 4.74 Å². The molecule has 0 aliphatic heterocycles. The molecule has 5 nitrogen and oxygen atoms in total. The Labute approximate surface area is 225 Å². The van der Waals surface area contributed by atoms with Crippen LogP contribution < -0.4 is 10.3 Å². The monoisotopic (exact) mass is 577 g/mol. The van der Waals surface area contributed by atoms with Crippen molar-refractivity contribution in [2.75, 3.05) is 0 Å². The van der Waals surface area contributed by atoms with Crippen molar-refractivity contribution in [3.05, 3.63) is 127 Å². The van der Waals surface area contributed by atoms with E-state index in [0.29, 0.717) is 38.1 Å². The van der Waals surface area contributed by atoms with Gasteiger partial charge in [-0.2, -0.15) is 9.78 Å². The summed E-state index contributed by atoms with van der Waals surface area (Å²) in [5, 5.41) is 6.00. The Hall–Kier alpha value is -3.45. The van der Waals surface area contributed by atoms with Crippen LogP contribution in [0.2, 0.25) is 10.0 Å². The Kier molecular flexibility index (Phi) is 7.18. The van der Waals surface area contributed by atoms with Crippen LogP contribution in [0.25, 0.3) is 22.3 Å². The van der Waals surface area contributed by atoms with E-state index < -0.39 is 0 Å². The molecule has 1 aromatic heterocycles. The Morgan fingerprint density at radius 3 is 2.50 bits per heavy atom. The minimum Gasteiger partial charge on any atom is -0.488 e. The number of hydrogen-bond acceptors (Lipinski definition) is 4. The highest BCUT2D eigenvalue weighted by molar-refractivity contribution is 9.10. The number of halogens is 3. The van der Waals surface area contributed by atoms with Crippen LogP contribution in [-0.2, 0) is 6.61 Å². The van der Waals surface area contributed by atoms with Gasteiger partial charge in [0.1, 0.15) is 12.4 Å². The first kappa shape index (κ1) is 24.3. The molecule has 0 spiro atoms. The van der Waals surface area contributed by atoms with Gasteiger partial charge in [0.25, 0.3) is 5.56 Å². The third-order valence-corrected chi connectivity index (χ3v) is 6.68. The molecule has 0 radical (unpaired) electrons. The van der Waals surface area contributed by atoms with E-state index >= 15 is 0 Å². The van der Waals surface area contributed by atoms with E-state index in [2.05, 4.69) is 21.0 Å². The number of aromatic nitrogens is 2. The number of fused-ring (bicyclic) bond motifs is 1. The summed E-state index contributed by atoms with van der Waals surface area (Å²) in [4.78, 5) is 18.1. The normalized spacial score (nSPS) is 11.3. The molecule has 1 heterocycles. The van der Waals surface area contributed by atoms with Gasteiger partial charge >= 0.3 is 0 Å². The fourth-order valence-corrected chi connectivity index (χ4v) is 4.37. The van der Waals surface area contributed by atoms with Crippen molar-refractivity contribution >= 4 is 56.2 Å². The molecule has 0 bridgehead atoms. The second kappa shape index (κ2) is 10.7. The van der Waals surface area contributed by atoms with Crippen LogP contribution in [0.3, 0.4) is 0 Å². The molecule has 0 N–H and O–H groups in total. The highest BCUT2D eigenvalue weighted by Gasteiger charge is 2.13. The number of para-hydroxylation sites is 1. The van der Waals surface area contributed by atoms with Crippen molar-refractivity contribution in [1.82, 2.24) is 9.66 Å². The van der Waals surface area contributed by atoms with Gasteiger partial charge in [0.15, 0.2) is 5.82 Å². The summed E-state index contributed by atoms with van der Waals surface area (Å²) in [6, 6.07) is 27.7. The van der Waals surface area contributed by atoms with E-state index in [4.69, 9.17) is 32.9 Å². The maximum absolute atomic E-state index is 13.4. The van der Waals surface area contributed by atoms with Crippen molar-refractivity contribution in [3.8, 4) is 17.1 Å². The van der Waals surface area contributed by atoms with E-state index in [1.54, 1.807) is 24.4 Å². The van der Waals surface area contributed by atoms with Crippen LogP contribution in [0, 0.1) is 0 Å². The van der Waals surface area contributed by atoms with Gasteiger partial charge in [0.2, 0.25) is 0 Å².